The van der Waals surface area contributed by atoms with Crippen molar-refractivity contribution in [1.82, 2.24) is 0 Å². The summed E-state index contributed by atoms with van der Waals surface area (Å²) >= 11 is 4.06. The third-order valence-corrected chi connectivity index (χ3v) is 12.7. The summed E-state index contributed by atoms with van der Waals surface area (Å²) in [5.41, 5.74) is 7.54. The van der Waals surface area contributed by atoms with Gasteiger partial charge in [0.05, 0.1) is 8.07 Å². The van der Waals surface area contributed by atoms with E-state index in [1.54, 1.807) is 20.9 Å². The normalized spacial score (nSPS) is 20.2. The molecular weight excluding hydrogens is 495 g/mol. The first-order valence-corrected chi connectivity index (χ1v) is 13.1. The second-order valence-electron chi connectivity index (χ2n) is 7.82. The first-order chi connectivity index (χ1) is 10.8. The molecule has 2 unspecified atom stereocenters. The van der Waals surface area contributed by atoms with Crippen molar-refractivity contribution < 1.29 is 51.0 Å². The molecule has 0 amide bonds. The van der Waals surface area contributed by atoms with E-state index in [1.165, 1.54) is 20.9 Å². The number of aryl methyl sites for hydroxylation is 2. The molecule has 0 saturated heterocycles. The molecule has 0 aromatic carbocycles. The first kappa shape index (κ1) is 24.6. The van der Waals surface area contributed by atoms with Gasteiger partial charge in [0.1, 0.15) is 0 Å². The molecule has 0 nitrogen and oxygen atoms in total. The van der Waals surface area contributed by atoms with Gasteiger partial charge < -0.3 is 24.8 Å². The van der Waals surface area contributed by atoms with E-state index in [2.05, 4.69) is 65.1 Å². The summed E-state index contributed by atoms with van der Waals surface area (Å²) in [6.45, 7) is 14.4. The molecule has 2 aliphatic rings. The number of halogens is 2. The molecule has 2 aromatic heterocycles. The van der Waals surface area contributed by atoms with Gasteiger partial charge in [0.25, 0.3) is 0 Å². The van der Waals surface area contributed by atoms with Crippen LogP contribution >= 0.6 is 22.7 Å². The third kappa shape index (κ3) is 3.72. The van der Waals surface area contributed by atoms with E-state index in [9.17, 15) is 0 Å². The van der Waals surface area contributed by atoms with Crippen molar-refractivity contribution in [2.24, 2.45) is 0 Å². The van der Waals surface area contributed by atoms with Crippen LogP contribution in [-0.2, 0) is 26.2 Å². The predicted molar refractivity (Wildman–Crippen MR) is 108 cm³/mol. The molecule has 2 aliphatic carbocycles. The Bertz CT molecular complexity index is 806. The number of fused-ring (bicyclic) bond motifs is 2. The minimum absolute atomic E-state index is 0. The fourth-order valence-corrected chi connectivity index (χ4v) is 13.7. The number of hydrogen-bond acceptors (Lipinski definition) is 2. The molecule has 6 heteroatoms. The summed E-state index contributed by atoms with van der Waals surface area (Å²) in [6, 6.07) is 4.76. The van der Waals surface area contributed by atoms with Crippen LogP contribution in [0.4, 0.5) is 0 Å². The summed E-state index contributed by atoms with van der Waals surface area (Å²) in [6.07, 6.45) is 4.90. The number of hydrogen-bond donors (Lipinski definition) is 0. The molecule has 0 spiro atoms. The van der Waals surface area contributed by atoms with Crippen molar-refractivity contribution in [3.63, 3.8) is 0 Å². The SMILES string of the molecule is CC1=Cc2cc(C)sc2C1[Si](C)(C)C1C(C)=Cc2cc(C)sc21.[Cl-].[Cl-].[Zr+2]. The maximum Gasteiger partial charge on any atom is 2.00 e. The van der Waals surface area contributed by atoms with E-state index in [0.717, 1.165) is 0 Å². The fraction of sp³-hybridized carbons (Fsp3) is 0.400. The monoisotopic (exact) mass is 516 g/mol. The zero-order valence-electron chi connectivity index (χ0n) is 16.0. The van der Waals surface area contributed by atoms with Gasteiger partial charge in [-0.1, -0.05) is 36.4 Å². The number of allylic oxidation sites excluding steroid dienone is 2. The molecule has 0 fully saturated rings. The predicted octanol–water partition coefficient (Wildman–Crippen LogP) is 0.920. The zero-order valence-corrected chi connectivity index (χ0v) is 22.6. The Hall–Kier alpha value is 0.560. The van der Waals surface area contributed by atoms with Gasteiger partial charge in [-0.05, 0) is 51.0 Å². The van der Waals surface area contributed by atoms with Crippen LogP contribution in [0.2, 0.25) is 13.1 Å². The van der Waals surface area contributed by atoms with E-state index < -0.39 is 8.07 Å². The Labute approximate surface area is 198 Å². The summed E-state index contributed by atoms with van der Waals surface area (Å²) in [5, 5.41) is 0. The van der Waals surface area contributed by atoms with Gasteiger partial charge >= 0.3 is 26.2 Å². The molecule has 4 rings (SSSR count). The molecule has 26 heavy (non-hydrogen) atoms. The zero-order chi connectivity index (χ0) is 16.5. The van der Waals surface area contributed by atoms with Crippen LogP contribution in [0.25, 0.3) is 12.2 Å². The maximum atomic E-state index is 2.62. The van der Waals surface area contributed by atoms with Crippen molar-refractivity contribution in [2.45, 2.75) is 51.9 Å². The third-order valence-electron chi connectivity index (χ3n) is 5.52. The van der Waals surface area contributed by atoms with Gasteiger partial charge in [0, 0.05) is 30.6 Å². The van der Waals surface area contributed by atoms with Gasteiger partial charge in [-0.25, -0.2) is 0 Å². The molecule has 2 aromatic rings. The second-order valence-corrected chi connectivity index (χ2v) is 15.2. The van der Waals surface area contributed by atoms with E-state index in [0.29, 0.717) is 11.1 Å². The van der Waals surface area contributed by atoms with Crippen LogP contribution in [0, 0.1) is 13.8 Å². The Morgan fingerprint density at radius 1 is 0.731 bits per heavy atom. The number of thiophene rings is 2. The van der Waals surface area contributed by atoms with E-state index in [-0.39, 0.29) is 51.0 Å². The molecule has 0 aliphatic heterocycles. The fourth-order valence-electron chi connectivity index (χ4n) is 4.87. The minimum atomic E-state index is -1.55. The molecular formula is C20H24Cl2S2SiZr. The van der Waals surface area contributed by atoms with E-state index in [1.807, 2.05) is 22.7 Å². The van der Waals surface area contributed by atoms with Crippen LogP contribution in [0.15, 0.2) is 23.3 Å². The molecule has 0 saturated carbocycles. The molecule has 0 N–H and O–H groups in total. The van der Waals surface area contributed by atoms with Gasteiger partial charge in [-0.2, -0.15) is 0 Å². The molecule has 2 atom stereocenters. The van der Waals surface area contributed by atoms with E-state index in [4.69, 9.17) is 0 Å². The van der Waals surface area contributed by atoms with Crippen LogP contribution in [0.5, 0.6) is 0 Å². The Kier molecular flexibility index (Phi) is 8.05. The average molecular weight is 519 g/mol. The molecule has 2 heterocycles. The summed E-state index contributed by atoms with van der Waals surface area (Å²) in [7, 11) is -1.55. The van der Waals surface area contributed by atoms with Crippen LogP contribution < -0.4 is 24.8 Å². The molecule has 138 valence electrons. The standard InChI is InChI=1S/C20H24S2Si.2ClH.Zr/c1-11-7-15-9-13(3)21-17(15)19(11)23(5,6)20-12(2)8-16-10-14(4)22-18(16)20;;;/h7-10,19-20H,1-6H3;2*1H;/q;;;+2/p-2. The smallest absolute Gasteiger partial charge is 1.00 e. The van der Waals surface area contributed by atoms with Gasteiger partial charge in [0.2, 0.25) is 0 Å². The Morgan fingerprint density at radius 2 is 1.08 bits per heavy atom. The van der Waals surface area contributed by atoms with Crippen LogP contribution in [0.1, 0.15) is 55.6 Å². The average Bonchev–Trinajstić information content (AvgIpc) is 3.06. The topological polar surface area (TPSA) is 0 Å². The van der Waals surface area contributed by atoms with E-state index >= 15 is 0 Å². The maximum absolute atomic E-state index is 2.62. The van der Waals surface area contributed by atoms with Gasteiger partial charge in [-0.15, -0.1) is 22.7 Å². The largest absolute Gasteiger partial charge is 2.00 e. The van der Waals surface area contributed by atoms with Gasteiger partial charge in [-0.3, -0.25) is 0 Å². The van der Waals surface area contributed by atoms with Crippen molar-refractivity contribution in [3.8, 4) is 0 Å². The second kappa shape index (κ2) is 8.51. The Balaban J connectivity index is 0.00000113. The minimum Gasteiger partial charge on any atom is -1.00 e. The summed E-state index contributed by atoms with van der Waals surface area (Å²) < 4.78 is 0. The quantitative estimate of drug-likeness (QED) is 0.519. The van der Waals surface area contributed by atoms with Crippen LogP contribution in [-0.4, -0.2) is 8.07 Å². The van der Waals surface area contributed by atoms with Crippen molar-refractivity contribution in [3.05, 3.63) is 53.9 Å². The summed E-state index contributed by atoms with van der Waals surface area (Å²) in [5.74, 6) is 0. The van der Waals surface area contributed by atoms with Crippen molar-refractivity contribution >= 4 is 42.9 Å². The molecule has 0 radical (unpaired) electrons. The first-order valence-electron chi connectivity index (χ1n) is 8.36. The van der Waals surface area contributed by atoms with Gasteiger partial charge in [0.15, 0.2) is 0 Å². The van der Waals surface area contributed by atoms with Crippen molar-refractivity contribution in [1.29, 1.82) is 0 Å². The van der Waals surface area contributed by atoms with Crippen molar-refractivity contribution in [2.75, 3.05) is 0 Å². The Morgan fingerprint density at radius 3 is 1.42 bits per heavy atom. The van der Waals surface area contributed by atoms with Crippen LogP contribution in [0.3, 0.4) is 0 Å². The summed E-state index contributed by atoms with van der Waals surface area (Å²) in [4.78, 5) is 6.21. The number of rotatable bonds is 2. The molecule has 0 bridgehead atoms.